The van der Waals surface area contributed by atoms with Gasteiger partial charge in [-0.3, -0.25) is 0 Å². The molecule has 0 amide bonds. The Hall–Kier alpha value is -0.240. The van der Waals surface area contributed by atoms with Gasteiger partial charge in [-0.25, -0.2) is 0 Å². The lowest BCUT2D eigenvalue weighted by atomic mass is 10.3. The summed E-state index contributed by atoms with van der Waals surface area (Å²) in [5.41, 5.74) is 10.9. The van der Waals surface area contributed by atoms with E-state index in [-0.39, 0.29) is 0 Å². The second kappa shape index (κ2) is 20.8. The van der Waals surface area contributed by atoms with Crippen molar-refractivity contribution < 1.29 is 0 Å². The van der Waals surface area contributed by atoms with E-state index in [4.69, 9.17) is 11.5 Å². The predicted molar refractivity (Wildman–Crippen MR) is 97.3 cm³/mol. The van der Waals surface area contributed by atoms with Crippen molar-refractivity contribution in [2.45, 2.75) is 38.5 Å². The zero-order chi connectivity index (χ0) is 16.1. The summed E-state index contributed by atoms with van der Waals surface area (Å²) in [6.07, 6.45) is 7.03. The Morgan fingerprint density at radius 2 is 0.636 bits per heavy atom. The molecule has 8 N–H and O–H groups in total. The number of unbranched alkanes of at least 4 members (excludes halogenated alkanes) is 1. The van der Waals surface area contributed by atoms with Gasteiger partial charge in [-0.2, -0.15) is 0 Å². The predicted octanol–water partition coefficient (Wildman–Crippen LogP) is -0.397. The van der Waals surface area contributed by atoms with Gasteiger partial charge in [-0.15, -0.1) is 0 Å². The zero-order valence-electron chi connectivity index (χ0n) is 14.5. The maximum atomic E-state index is 5.44. The van der Waals surface area contributed by atoms with Crippen LogP contribution in [-0.4, -0.2) is 65.4 Å². The van der Waals surface area contributed by atoms with E-state index in [1.54, 1.807) is 0 Å². The molecule has 0 aromatic rings. The van der Waals surface area contributed by atoms with Crippen molar-refractivity contribution in [3.8, 4) is 0 Å². The first-order valence-electron chi connectivity index (χ1n) is 9.14. The van der Waals surface area contributed by atoms with Gasteiger partial charge >= 0.3 is 0 Å². The van der Waals surface area contributed by atoms with Gasteiger partial charge in [0.15, 0.2) is 0 Å². The Labute approximate surface area is 137 Å². The summed E-state index contributed by atoms with van der Waals surface area (Å²) in [6, 6.07) is 0. The standard InChI is InChI=1S/C16H40N6/c17-7-3-11-19-9-1-2-10-20-13-5-15-22-16-6-14-21-12-4-8-18/h19-22H,1-18H2. The second-order valence-corrected chi connectivity index (χ2v) is 5.70. The van der Waals surface area contributed by atoms with Crippen molar-refractivity contribution in [2.75, 3.05) is 65.4 Å². The molecule has 6 nitrogen and oxygen atoms in total. The topological polar surface area (TPSA) is 100 Å². The van der Waals surface area contributed by atoms with Gasteiger partial charge in [0.2, 0.25) is 0 Å². The van der Waals surface area contributed by atoms with Gasteiger partial charge in [0, 0.05) is 0 Å². The van der Waals surface area contributed by atoms with Crippen LogP contribution >= 0.6 is 0 Å². The molecular weight excluding hydrogens is 276 g/mol. The summed E-state index contributed by atoms with van der Waals surface area (Å²) in [6.45, 7) is 10.3. The third-order valence-electron chi connectivity index (χ3n) is 3.49. The van der Waals surface area contributed by atoms with E-state index in [0.29, 0.717) is 0 Å². The highest BCUT2D eigenvalue weighted by Crippen LogP contribution is 1.85. The molecule has 0 aromatic carbocycles. The number of hydrogen-bond donors (Lipinski definition) is 6. The highest BCUT2D eigenvalue weighted by Gasteiger charge is 1.92. The maximum absolute atomic E-state index is 5.44. The number of hydrogen-bond acceptors (Lipinski definition) is 6. The lowest BCUT2D eigenvalue weighted by Crippen LogP contribution is -2.26. The van der Waals surface area contributed by atoms with Gasteiger partial charge < -0.3 is 32.7 Å². The fraction of sp³-hybridized carbons (Fsp3) is 1.00. The molecular formula is C16H40N6. The van der Waals surface area contributed by atoms with Crippen molar-refractivity contribution in [3.05, 3.63) is 0 Å². The molecule has 0 fully saturated rings. The minimum atomic E-state index is 0.781. The fourth-order valence-corrected chi connectivity index (χ4v) is 2.13. The third-order valence-corrected chi connectivity index (χ3v) is 3.49. The van der Waals surface area contributed by atoms with Gasteiger partial charge in [0.05, 0.1) is 0 Å². The smallest absolute Gasteiger partial charge is 0.00368 e. The number of rotatable bonds is 19. The molecule has 0 unspecified atom stereocenters. The third kappa shape index (κ3) is 19.8. The molecule has 0 aliphatic rings. The molecule has 6 heteroatoms. The Morgan fingerprint density at radius 3 is 0.955 bits per heavy atom. The van der Waals surface area contributed by atoms with Crippen LogP contribution in [0.1, 0.15) is 38.5 Å². The quantitative estimate of drug-likeness (QED) is 0.181. The van der Waals surface area contributed by atoms with E-state index in [0.717, 1.165) is 78.3 Å². The van der Waals surface area contributed by atoms with Gasteiger partial charge in [0.25, 0.3) is 0 Å². The monoisotopic (exact) mass is 316 g/mol. The lowest BCUT2D eigenvalue weighted by molar-refractivity contribution is 0.545. The molecule has 0 aliphatic heterocycles. The van der Waals surface area contributed by atoms with Crippen molar-refractivity contribution in [2.24, 2.45) is 11.5 Å². The van der Waals surface area contributed by atoms with Crippen LogP contribution < -0.4 is 32.7 Å². The molecule has 134 valence electrons. The molecule has 0 aromatic heterocycles. The van der Waals surface area contributed by atoms with E-state index in [9.17, 15) is 0 Å². The summed E-state index contributed by atoms with van der Waals surface area (Å²) < 4.78 is 0. The molecule has 22 heavy (non-hydrogen) atoms. The number of nitrogens with one attached hydrogen (secondary N) is 4. The van der Waals surface area contributed by atoms with Gasteiger partial charge in [0.1, 0.15) is 0 Å². The molecule has 0 bridgehead atoms. The van der Waals surface area contributed by atoms with E-state index in [2.05, 4.69) is 21.3 Å². The molecule has 0 atom stereocenters. The molecule has 0 radical (unpaired) electrons. The largest absolute Gasteiger partial charge is 0.330 e. The number of nitrogens with two attached hydrogens (primary N) is 2. The maximum Gasteiger partial charge on any atom is -0.00368 e. The molecule has 0 rings (SSSR count). The Morgan fingerprint density at radius 1 is 0.364 bits per heavy atom. The fourth-order valence-electron chi connectivity index (χ4n) is 2.13. The minimum Gasteiger partial charge on any atom is -0.330 e. The molecule has 0 spiro atoms. The molecule has 0 heterocycles. The van der Waals surface area contributed by atoms with Gasteiger partial charge in [-0.1, -0.05) is 0 Å². The highest BCUT2D eigenvalue weighted by molar-refractivity contribution is 4.56. The Kier molecular flexibility index (Phi) is 20.5. The van der Waals surface area contributed by atoms with E-state index in [1.807, 2.05) is 0 Å². The van der Waals surface area contributed by atoms with E-state index >= 15 is 0 Å². The van der Waals surface area contributed by atoms with Crippen LogP contribution in [0.4, 0.5) is 0 Å². The first-order valence-corrected chi connectivity index (χ1v) is 9.14. The summed E-state index contributed by atoms with van der Waals surface area (Å²) >= 11 is 0. The van der Waals surface area contributed by atoms with Crippen LogP contribution in [0, 0.1) is 0 Å². The first-order chi connectivity index (χ1) is 10.9. The summed E-state index contributed by atoms with van der Waals surface area (Å²) in [7, 11) is 0. The highest BCUT2D eigenvalue weighted by atomic mass is 14.9. The van der Waals surface area contributed by atoms with Gasteiger partial charge in [-0.05, 0) is 104 Å². The van der Waals surface area contributed by atoms with Crippen molar-refractivity contribution in [3.63, 3.8) is 0 Å². The van der Waals surface area contributed by atoms with Crippen molar-refractivity contribution >= 4 is 0 Å². The zero-order valence-corrected chi connectivity index (χ0v) is 14.5. The average Bonchev–Trinajstić information content (AvgIpc) is 2.54. The van der Waals surface area contributed by atoms with Crippen LogP contribution in [0.25, 0.3) is 0 Å². The van der Waals surface area contributed by atoms with E-state index < -0.39 is 0 Å². The van der Waals surface area contributed by atoms with Crippen LogP contribution in [0.2, 0.25) is 0 Å². The summed E-state index contributed by atoms with van der Waals surface area (Å²) in [5.74, 6) is 0. The molecule has 0 saturated heterocycles. The first kappa shape index (κ1) is 21.8. The normalized spacial score (nSPS) is 11.2. The lowest BCUT2D eigenvalue weighted by Gasteiger charge is -2.07. The van der Waals surface area contributed by atoms with E-state index in [1.165, 1.54) is 25.7 Å². The van der Waals surface area contributed by atoms with Crippen LogP contribution in [0.15, 0.2) is 0 Å². The van der Waals surface area contributed by atoms with Crippen molar-refractivity contribution in [1.82, 2.24) is 21.3 Å². The average molecular weight is 317 g/mol. The molecule has 0 saturated carbocycles. The van der Waals surface area contributed by atoms with Crippen LogP contribution in [-0.2, 0) is 0 Å². The Balaban J connectivity index is 2.91. The van der Waals surface area contributed by atoms with Crippen molar-refractivity contribution in [1.29, 1.82) is 0 Å². The summed E-state index contributed by atoms with van der Waals surface area (Å²) in [4.78, 5) is 0. The summed E-state index contributed by atoms with van der Waals surface area (Å²) in [5, 5.41) is 13.8. The minimum absolute atomic E-state index is 0.781. The SMILES string of the molecule is NCCCNCCCCNCCCNCCCNCCCN. The van der Waals surface area contributed by atoms with Crippen LogP contribution in [0.5, 0.6) is 0 Å². The Bertz CT molecular complexity index is 171. The second-order valence-electron chi connectivity index (χ2n) is 5.70. The van der Waals surface area contributed by atoms with Crippen LogP contribution in [0.3, 0.4) is 0 Å². The molecule has 0 aliphatic carbocycles.